The molecule has 160 valence electrons. The Morgan fingerprint density at radius 2 is 1.72 bits per heavy atom. The van der Waals surface area contributed by atoms with Crippen molar-refractivity contribution >= 4 is 11.7 Å². The van der Waals surface area contributed by atoms with E-state index in [1.54, 1.807) is 12.4 Å². The van der Waals surface area contributed by atoms with Crippen LogP contribution in [0.15, 0.2) is 85.3 Å². The number of nitrogens with two attached hydrogens (primary N) is 1. The Hall–Kier alpha value is -3.99. The van der Waals surface area contributed by atoms with Crippen LogP contribution in [-0.4, -0.2) is 15.9 Å². The predicted octanol–water partition coefficient (Wildman–Crippen LogP) is 5.58. The van der Waals surface area contributed by atoms with Gasteiger partial charge in [-0.05, 0) is 59.9 Å². The predicted molar refractivity (Wildman–Crippen MR) is 129 cm³/mol. The summed E-state index contributed by atoms with van der Waals surface area (Å²) in [7, 11) is 0. The Morgan fingerprint density at radius 3 is 2.41 bits per heavy atom. The Bertz CT molecular complexity index is 1220. The number of pyridine rings is 2. The van der Waals surface area contributed by atoms with Gasteiger partial charge in [0.25, 0.3) is 5.91 Å². The number of hydrogen-bond acceptors (Lipinski definition) is 4. The number of aromatic nitrogens is 2. The Balaban J connectivity index is 1.57. The standard InChI is InChI=1S/C27H26N4O/c1-3-25(20-7-5-4-6-8-20)31-27(32)21-11-9-19(10-12-21)24-15-22(17-30-26(24)28)23-13-14-29-16-18(23)2/h4-17,25H,3H2,1-2H3,(H2,28,30)(H,31,32)/t25-/m1/s1. The lowest BCUT2D eigenvalue weighted by Gasteiger charge is -2.17. The molecule has 2 aromatic heterocycles. The highest BCUT2D eigenvalue weighted by Gasteiger charge is 2.15. The molecule has 1 amide bonds. The van der Waals surface area contributed by atoms with Crippen LogP contribution in [0.4, 0.5) is 5.82 Å². The summed E-state index contributed by atoms with van der Waals surface area (Å²) in [6.07, 6.45) is 6.19. The van der Waals surface area contributed by atoms with Gasteiger partial charge < -0.3 is 11.1 Å². The zero-order valence-corrected chi connectivity index (χ0v) is 18.2. The molecule has 0 saturated heterocycles. The summed E-state index contributed by atoms with van der Waals surface area (Å²) in [6.45, 7) is 4.08. The molecule has 0 bridgehead atoms. The summed E-state index contributed by atoms with van der Waals surface area (Å²) in [5.74, 6) is 0.354. The minimum atomic E-state index is -0.0977. The molecule has 4 aromatic rings. The fourth-order valence-corrected chi connectivity index (χ4v) is 3.80. The first-order valence-electron chi connectivity index (χ1n) is 10.7. The number of carbonyl (C=O) groups is 1. The van der Waals surface area contributed by atoms with Gasteiger partial charge >= 0.3 is 0 Å². The van der Waals surface area contributed by atoms with Crippen LogP contribution in [0, 0.1) is 6.92 Å². The van der Waals surface area contributed by atoms with Crippen molar-refractivity contribution in [1.29, 1.82) is 0 Å². The van der Waals surface area contributed by atoms with Gasteiger partial charge in [-0.25, -0.2) is 4.98 Å². The van der Waals surface area contributed by atoms with Crippen LogP contribution >= 0.6 is 0 Å². The maximum absolute atomic E-state index is 12.8. The molecule has 0 aliphatic heterocycles. The third-order valence-corrected chi connectivity index (χ3v) is 5.62. The number of benzene rings is 2. The number of nitrogens with one attached hydrogen (secondary N) is 1. The van der Waals surface area contributed by atoms with Gasteiger partial charge in [0.1, 0.15) is 5.82 Å². The summed E-state index contributed by atoms with van der Waals surface area (Å²) in [4.78, 5) is 21.4. The molecule has 3 N–H and O–H groups in total. The number of carbonyl (C=O) groups excluding carboxylic acids is 1. The quantitative estimate of drug-likeness (QED) is 0.425. The van der Waals surface area contributed by atoms with Crippen molar-refractivity contribution in [2.75, 3.05) is 5.73 Å². The molecule has 2 aromatic carbocycles. The fourth-order valence-electron chi connectivity index (χ4n) is 3.80. The highest BCUT2D eigenvalue weighted by molar-refractivity contribution is 5.95. The van der Waals surface area contributed by atoms with Gasteiger partial charge in [-0.3, -0.25) is 9.78 Å². The average Bonchev–Trinajstić information content (AvgIpc) is 2.84. The normalized spacial score (nSPS) is 11.7. The van der Waals surface area contributed by atoms with E-state index in [9.17, 15) is 4.79 Å². The van der Waals surface area contributed by atoms with E-state index >= 15 is 0 Å². The van der Waals surface area contributed by atoms with Gasteiger partial charge in [0.2, 0.25) is 0 Å². The van der Waals surface area contributed by atoms with Gasteiger partial charge in [-0.15, -0.1) is 0 Å². The molecule has 0 aliphatic rings. The zero-order valence-electron chi connectivity index (χ0n) is 18.2. The second-order valence-electron chi connectivity index (χ2n) is 7.77. The summed E-state index contributed by atoms with van der Waals surface area (Å²) in [6, 6.07) is 21.5. The summed E-state index contributed by atoms with van der Waals surface area (Å²) in [5.41, 5.74) is 12.7. The first kappa shape index (κ1) is 21.2. The first-order valence-corrected chi connectivity index (χ1v) is 10.7. The van der Waals surface area contributed by atoms with Crippen LogP contribution < -0.4 is 11.1 Å². The number of anilines is 1. The van der Waals surface area contributed by atoms with Crippen LogP contribution in [0.25, 0.3) is 22.3 Å². The van der Waals surface area contributed by atoms with Crippen LogP contribution in [0.5, 0.6) is 0 Å². The number of aryl methyl sites for hydroxylation is 1. The minimum Gasteiger partial charge on any atom is -0.383 e. The van der Waals surface area contributed by atoms with Crippen LogP contribution in [-0.2, 0) is 0 Å². The third-order valence-electron chi connectivity index (χ3n) is 5.62. The summed E-state index contributed by atoms with van der Waals surface area (Å²) >= 11 is 0. The molecule has 0 unspecified atom stereocenters. The van der Waals surface area contributed by atoms with Crippen LogP contribution in [0.2, 0.25) is 0 Å². The van der Waals surface area contributed by atoms with Gasteiger partial charge in [-0.1, -0.05) is 49.4 Å². The van der Waals surface area contributed by atoms with Gasteiger partial charge in [0.05, 0.1) is 6.04 Å². The average molecular weight is 423 g/mol. The maximum Gasteiger partial charge on any atom is 0.251 e. The molecule has 2 heterocycles. The lowest BCUT2D eigenvalue weighted by atomic mass is 9.98. The molecular formula is C27H26N4O. The van der Waals surface area contributed by atoms with Crippen molar-refractivity contribution in [3.05, 3.63) is 102 Å². The van der Waals surface area contributed by atoms with Crippen LogP contribution in [0.1, 0.15) is 40.9 Å². The molecule has 0 aliphatic carbocycles. The van der Waals surface area contributed by atoms with E-state index in [0.29, 0.717) is 11.4 Å². The summed E-state index contributed by atoms with van der Waals surface area (Å²) < 4.78 is 0. The van der Waals surface area contributed by atoms with Gasteiger partial charge in [0.15, 0.2) is 0 Å². The van der Waals surface area contributed by atoms with E-state index in [2.05, 4.69) is 22.2 Å². The second kappa shape index (κ2) is 9.43. The summed E-state index contributed by atoms with van der Waals surface area (Å²) in [5, 5.41) is 3.12. The van der Waals surface area contributed by atoms with E-state index in [4.69, 9.17) is 5.73 Å². The van der Waals surface area contributed by atoms with Crippen molar-refractivity contribution in [2.45, 2.75) is 26.3 Å². The Kier molecular flexibility index (Phi) is 6.26. The molecule has 4 rings (SSSR count). The number of amides is 1. The first-order chi connectivity index (χ1) is 15.6. The number of nitrogens with zero attached hydrogens (tertiary/aromatic N) is 2. The monoisotopic (exact) mass is 422 g/mol. The molecule has 0 fully saturated rings. The molecule has 0 saturated carbocycles. The van der Waals surface area contributed by atoms with E-state index in [1.807, 2.05) is 79.9 Å². The van der Waals surface area contributed by atoms with E-state index in [1.165, 1.54) is 0 Å². The SMILES string of the molecule is CC[C@@H](NC(=O)c1ccc(-c2cc(-c3ccncc3C)cnc2N)cc1)c1ccccc1. The van der Waals surface area contributed by atoms with Gasteiger partial charge in [0, 0.05) is 35.3 Å². The van der Waals surface area contributed by atoms with E-state index < -0.39 is 0 Å². The van der Waals surface area contributed by atoms with Crippen molar-refractivity contribution in [1.82, 2.24) is 15.3 Å². The van der Waals surface area contributed by atoms with Crippen molar-refractivity contribution < 1.29 is 4.79 Å². The highest BCUT2D eigenvalue weighted by atomic mass is 16.1. The van der Waals surface area contributed by atoms with E-state index in [-0.39, 0.29) is 11.9 Å². The third kappa shape index (κ3) is 4.52. The Morgan fingerprint density at radius 1 is 0.969 bits per heavy atom. The van der Waals surface area contributed by atoms with Crippen molar-refractivity contribution in [3.63, 3.8) is 0 Å². The van der Waals surface area contributed by atoms with Crippen LogP contribution in [0.3, 0.4) is 0 Å². The van der Waals surface area contributed by atoms with Crippen molar-refractivity contribution in [3.8, 4) is 22.3 Å². The topological polar surface area (TPSA) is 80.9 Å². The largest absolute Gasteiger partial charge is 0.383 e. The molecule has 32 heavy (non-hydrogen) atoms. The van der Waals surface area contributed by atoms with Gasteiger partial charge in [-0.2, -0.15) is 0 Å². The molecular weight excluding hydrogens is 396 g/mol. The zero-order chi connectivity index (χ0) is 22.5. The number of rotatable bonds is 6. The number of hydrogen-bond donors (Lipinski definition) is 2. The molecule has 5 nitrogen and oxygen atoms in total. The second-order valence-corrected chi connectivity index (χ2v) is 7.77. The smallest absolute Gasteiger partial charge is 0.251 e. The Labute approximate surface area is 188 Å². The lowest BCUT2D eigenvalue weighted by Crippen LogP contribution is -2.28. The lowest BCUT2D eigenvalue weighted by molar-refractivity contribution is 0.0935. The fraction of sp³-hybridized carbons (Fsp3) is 0.148. The molecule has 0 spiro atoms. The van der Waals surface area contributed by atoms with Crippen molar-refractivity contribution in [2.24, 2.45) is 0 Å². The van der Waals surface area contributed by atoms with E-state index in [0.717, 1.165) is 39.8 Å². The minimum absolute atomic E-state index is 0.0245. The number of nitrogen functional groups attached to an aromatic ring is 1. The molecule has 1 atom stereocenters. The molecule has 5 heteroatoms. The highest BCUT2D eigenvalue weighted by Crippen LogP contribution is 2.31. The maximum atomic E-state index is 12.8. The molecule has 0 radical (unpaired) electrons.